The highest BCUT2D eigenvalue weighted by Gasteiger charge is 2.23. The molecule has 0 aliphatic rings. The first-order chi connectivity index (χ1) is 9.31. The number of aliphatic carboxylic acids is 1. The van der Waals surface area contributed by atoms with Gasteiger partial charge in [-0.15, -0.1) is 0 Å². The van der Waals surface area contributed by atoms with Crippen molar-refractivity contribution in [1.82, 2.24) is 5.32 Å². The molecule has 9 nitrogen and oxygen atoms in total. The monoisotopic (exact) mass is 301 g/mol. The average molecular weight is 301 g/mol. The summed E-state index contributed by atoms with van der Waals surface area (Å²) in [6.45, 7) is 0. The van der Waals surface area contributed by atoms with Crippen LogP contribution in [0.15, 0.2) is 11.4 Å². The van der Waals surface area contributed by atoms with Gasteiger partial charge in [0.25, 0.3) is 5.91 Å². The second-order valence-electron chi connectivity index (χ2n) is 3.80. The number of nitrogens with two attached hydrogens (primary N) is 1. The van der Waals surface area contributed by atoms with Crippen LogP contribution in [0.3, 0.4) is 0 Å². The lowest BCUT2D eigenvalue weighted by atomic mass is 10.1. The summed E-state index contributed by atoms with van der Waals surface area (Å²) in [5, 5.41) is 22.6. The highest BCUT2D eigenvalue weighted by atomic mass is 32.1. The molecule has 0 aliphatic heterocycles. The Morgan fingerprint density at radius 1 is 1.50 bits per heavy atom. The number of carbonyl (C=O) groups excluding carboxylic acids is 2. The zero-order valence-electron chi connectivity index (χ0n) is 10.1. The van der Waals surface area contributed by atoms with Crippen LogP contribution < -0.4 is 11.1 Å². The standard InChI is InChI=1S/C10H11N3O6S/c11-7(14)2-1-6(10(16)17)12-9(15)5-3-8(13(18)19)20-4-5/h3-4,6H,1-2H2,(H2,11,14)(H,12,15)(H,16,17)/t6-/m1/s1. The van der Waals surface area contributed by atoms with Crippen LogP contribution in [-0.2, 0) is 9.59 Å². The zero-order valence-corrected chi connectivity index (χ0v) is 10.9. The molecule has 10 heteroatoms. The first-order valence-corrected chi connectivity index (χ1v) is 6.24. The van der Waals surface area contributed by atoms with Gasteiger partial charge in [0.15, 0.2) is 0 Å². The van der Waals surface area contributed by atoms with Crippen LogP contribution in [0, 0.1) is 10.1 Å². The van der Waals surface area contributed by atoms with Gasteiger partial charge in [-0.3, -0.25) is 19.7 Å². The van der Waals surface area contributed by atoms with Crippen LogP contribution in [0.5, 0.6) is 0 Å². The Kier molecular flexibility index (Phi) is 5.15. The Hall–Kier alpha value is -2.49. The number of hydrogen-bond donors (Lipinski definition) is 3. The fraction of sp³-hybridized carbons (Fsp3) is 0.300. The minimum absolute atomic E-state index is 0.00738. The lowest BCUT2D eigenvalue weighted by Gasteiger charge is -2.12. The molecule has 0 aromatic carbocycles. The van der Waals surface area contributed by atoms with Gasteiger partial charge in [0.2, 0.25) is 5.91 Å². The maximum absolute atomic E-state index is 11.7. The van der Waals surface area contributed by atoms with E-state index in [2.05, 4.69) is 5.32 Å². The maximum atomic E-state index is 11.7. The van der Waals surface area contributed by atoms with Crippen molar-refractivity contribution in [2.75, 3.05) is 0 Å². The third kappa shape index (κ3) is 4.31. The number of nitro groups is 1. The van der Waals surface area contributed by atoms with Gasteiger partial charge >= 0.3 is 11.0 Å². The number of hydrogen-bond acceptors (Lipinski definition) is 6. The van der Waals surface area contributed by atoms with Gasteiger partial charge in [-0.1, -0.05) is 11.3 Å². The summed E-state index contributed by atoms with van der Waals surface area (Å²) >= 11 is 0.758. The Balaban J connectivity index is 2.72. The molecular formula is C10H11N3O6S. The number of primary amides is 1. The SMILES string of the molecule is NC(=O)CC[C@@H](NC(=O)c1csc([N+](=O)[O-])c1)C(=O)O. The molecule has 1 rings (SSSR count). The molecule has 2 amide bonds. The lowest BCUT2D eigenvalue weighted by molar-refractivity contribution is -0.380. The van der Waals surface area contributed by atoms with Crippen molar-refractivity contribution >= 4 is 34.1 Å². The molecule has 1 heterocycles. The molecule has 0 unspecified atom stereocenters. The number of amides is 2. The molecule has 4 N–H and O–H groups in total. The van der Waals surface area contributed by atoms with Crippen LogP contribution in [-0.4, -0.2) is 33.9 Å². The van der Waals surface area contributed by atoms with Crippen molar-refractivity contribution in [1.29, 1.82) is 0 Å². The van der Waals surface area contributed by atoms with Crippen LogP contribution in [0.25, 0.3) is 0 Å². The highest BCUT2D eigenvalue weighted by Crippen LogP contribution is 2.22. The second-order valence-corrected chi connectivity index (χ2v) is 4.69. The first kappa shape index (κ1) is 15.6. The van der Waals surface area contributed by atoms with E-state index in [-0.39, 0.29) is 23.4 Å². The van der Waals surface area contributed by atoms with Crippen molar-refractivity contribution in [3.63, 3.8) is 0 Å². The molecule has 0 saturated heterocycles. The zero-order chi connectivity index (χ0) is 15.3. The number of carboxylic acids is 1. The normalized spacial score (nSPS) is 11.6. The lowest BCUT2D eigenvalue weighted by Crippen LogP contribution is -2.41. The summed E-state index contributed by atoms with van der Waals surface area (Å²) in [4.78, 5) is 43.1. The van der Waals surface area contributed by atoms with Gasteiger partial charge in [-0.05, 0) is 6.42 Å². The molecule has 0 bridgehead atoms. The predicted octanol–water partition coefficient (Wildman–Crippen LogP) is 0.105. The predicted molar refractivity (Wildman–Crippen MR) is 68.3 cm³/mol. The highest BCUT2D eigenvalue weighted by molar-refractivity contribution is 7.13. The summed E-state index contributed by atoms with van der Waals surface area (Å²) in [6.07, 6.45) is -0.344. The number of carbonyl (C=O) groups is 3. The van der Waals surface area contributed by atoms with Crippen molar-refractivity contribution in [2.45, 2.75) is 18.9 Å². The maximum Gasteiger partial charge on any atom is 0.326 e. The van der Waals surface area contributed by atoms with Crippen LogP contribution in [0.1, 0.15) is 23.2 Å². The molecule has 0 saturated carbocycles. The van der Waals surface area contributed by atoms with Crippen LogP contribution in [0.2, 0.25) is 0 Å². The van der Waals surface area contributed by atoms with Crippen molar-refractivity contribution in [3.05, 3.63) is 27.1 Å². The Morgan fingerprint density at radius 3 is 2.60 bits per heavy atom. The van der Waals surface area contributed by atoms with E-state index >= 15 is 0 Å². The Morgan fingerprint density at radius 2 is 2.15 bits per heavy atom. The molecule has 108 valence electrons. The van der Waals surface area contributed by atoms with Gasteiger partial charge in [0, 0.05) is 17.9 Å². The molecule has 1 aromatic heterocycles. The van der Waals surface area contributed by atoms with E-state index in [0.717, 1.165) is 17.4 Å². The van der Waals surface area contributed by atoms with E-state index < -0.39 is 28.7 Å². The van der Waals surface area contributed by atoms with Gasteiger partial charge < -0.3 is 16.2 Å². The Labute approximate surface area is 116 Å². The van der Waals surface area contributed by atoms with Crippen LogP contribution >= 0.6 is 11.3 Å². The minimum atomic E-state index is -1.32. The van der Waals surface area contributed by atoms with Gasteiger partial charge in [-0.2, -0.15) is 0 Å². The second kappa shape index (κ2) is 6.61. The molecular weight excluding hydrogens is 290 g/mol. The van der Waals surface area contributed by atoms with Crippen molar-refractivity contribution in [2.24, 2.45) is 5.73 Å². The fourth-order valence-electron chi connectivity index (χ4n) is 1.33. The molecule has 0 aliphatic carbocycles. The summed E-state index contributed by atoms with van der Waals surface area (Å²) in [7, 11) is 0. The minimum Gasteiger partial charge on any atom is -0.480 e. The van der Waals surface area contributed by atoms with E-state index in [4.69, 9.17) is 10.8 Å². The molecule has 1 atom stereocenters. The molecule has 20 heavy (non-hydrogen) atoms. The number of nitrogens with zero attached hydrogens (tertiary/aromatic N) is 1. The van der Waals surface area contributed by atoms with Gasteiger partial charge in [0.05, 0.1) is 10.5 Å². The van der Waals surface area contributed by atoms with Crippen molar-refractivity contribution in [3.8, 4) is 0 Å². The Bertz CT molecular complexity index is 555. The number of nitrogens with one attached hydrogen (secondary N) is 1. The quantitative estimate of drug-likeness (QED) is 0.479. The number of rotatable bonds is 7. The summed E-state index contributed by atoms with van der Waals surface area (Å²) in [5.41, 5.74) is 4.89. The molecule has 0 fully saturated rings. The van der Waals surface area contributed by atoms with Crippen molar-refractivity contribution < 1.29 is 24.4 Å². The average Bonchev–Trinajstić information content (AvgIpc) is 2.83. The third-order valence-corrected chi connectivity index (χ3v) is 3.19. The topological polar surface area (TPSA) is 153 Å². The number of carboxylic acid groups (broad SMARTS) is 1. The molecule has 1 aromatic rings. The third-order valence-electron chi connectivity index (χ3n) is 2.31. The smallest absolute Gasteiger partial charge is 0.326 e. The van der Waals surface area contributed by atoms with E-state index in [1.165, 1.54) is 5.38 Å². The van der Waals surface area contributed by atoms with E-state index in [1.807, 2.05) is 0 Å². The summed E-state index contributed by atoms with van der Waals surface area (Å²) in [5.74, 6) is -2.76. The molecule has 0 radical (unpaired) electrons. The van der Waals surface area contributed by atoms with E-state index in [1.54, 1.807) is 0 Å². The molecule has 0 spiro atoms. The van der Waals surface area contributed by atoms with Crippen LogP contribution in [0.4, 0.5) is 5.00 Å². The van der Waals surface area contributed by atoms with E-state index in [0.29, 0.717) is 0 Å². The summed E-state index contributed by atoms with van der Waals surface area (Å²) < 4.78 is 0. The van der Waals surface area contributed by atoms with E-state index in [9.17, 15) is 24.5 Å². The summed E-state index contributed by atoms with van der Waals surface area (Å²) in [6, 6.07) is -0.235. The number of thiophene rings is 1. The van der Waals surface area contributed by atoms with Gasteiger partial charge in [-0.25, -0.2) is 4.79 Å². The van der Waals surface area contributed by atoms with Gasteiger partial charge in [0.1, 0.15) is 6.04 Å². The fourth-order valence-corrected chi connectivity index (χ4v) is 2.03. The first-order valence-electron chi connectivity index (χ1n) is 5.36. The largest absolute Gasteiger partial charge is 0.480 e.